The first-order valence-electron chi connectivity index (χ1n) is 15.7. The van der Waals surface area contributed by atoms with Gasteiger partial charge in [-0.15, -0.1) is 0 Å². The molecule has 0 saturated carbocycles. The highest BCUT2D eigenvalue weighted by Gasteiger charge is 2.35. The van der Waals surface area contributed by atoms with Crippen LogP contribution in [0.2, 0.25) is 0 Å². The van der Waals surface area contributed by atoms with Gasteiger partial charge in [-0.1, -0.05) is 111 Å². The molecule has 1 aliphatic carbocycles. The molecule has 8 aromatic rings. The second-order valence-corrected chi connectivity index (χ2v) is 12.6. The van der Waals surface area contributed by atoms with E-state index in [4.69, 9.17) is 0 Å². The summed E-state index contributed by atoms with van der Waals surface area (Å²) in [5.74, 6) is 0. The lowest BCUT2D eigenvalue weighted by Gasteiger charge is -2.29. The average molecular weight is 577 g/mol. The Morgan fingerprint density at radius 3 is 2.02 bits per heavy atom. The molecule has 0 amide bonds. The van der Waals surface area contributed by atoms with Crippen molar-refractivity contribution >= 4 is 49.6 Å². The number of hydrogen-bond acceptors (Lipinski definition) is 1. The second-order valence-electron chi connectivity index (χ2n) is 12.6. The van der Waals surface area contributed by atoms with Crippen LogP contribution in [0.5, 0.6) is 0 Å². The highest BCUT2D eigenvalue weighted by atomic mass is 15.1. The first kappa shape index (κ1) is 25.9. The van der Waals surface area contributed by atoms with Crippen LogP contribution in [0, 0.1) is 0 Å². The van der Waals surface area contributed by atoms with Crippen LogP contribution < -0.4 is 4.90 Å². The molecule has 9 rings (SSSR count). The van der Waals surface area contributed by atoms with Gasteiger partial charge in [0.2, 0.25) is 0 Å². The molecule has 1 aliphatic rings. The maximum atomic E-state index is 2.43. The number of nitrogens with zero attached hydrogens (tertiary/aromatic N) is 2. The average Bonchev–Trinajstić information content (AvgIpc) is 3.53. The molecular formula is C43H32N2. The molecule has 1 heterocycles. The van der Waals surface area contributed by atoms with Crippen LogP contribution in [-0.2, 0) is 5.41 Å². The predicted molar refractivity (Wildman–Crippen MR) is 191 cm³/mol. The fourth-order valence-corrected chi connectivity index (χ4v) is 7.61. The molecule has 2 nitrogen and oxygen atoms in total. The summed E-state index contributed by atoms with van der Waals surface area (Å²) < 4.78 is 2.39. The molecule has 45 heavy (non-hydrogen) atoms. The summed E-state index contributed by atoms with van der Waals surface area (Å²) in [7, 11) is 0. The van der Waals surface area contributed by atoms with Crippen molar-refractivity contribution in [3.63, 3.8) is 0 Å². The molecule has 214 valence electrons. The number of rotatable bonds is 4. The van der Waals surface area contributed by atoms with E-state index in [-0.39, 0.29) is 5.41 Å². The van der Waals surface area contributed by atoms with Gasteiger partial charge >= 0.3 is 0 Å². The molecule has 0 radical (unpaired) electrons. The lowest BCUT2D eigenvalue weighted by molar-refractivity contribution is 0.660. The van der Waals surface area contributed by atoms with Crippen LogP contribution >= 0.6 is 0 Å². The summed E-state index contributed by atoms with van der Waals surface area (Å²) in [6.45, 7) is 4.71. The fraction of sp³-hybridized carbons (Fsp3) is 0.0698. The number of para-hydroxylation sites is 3. The van der Waals surface area contributed by atoms with Crippen LogP contribution in [0.4, 0.5) is 17.1 Å². The number of aromatic nitrogens is 1. The monoisotopic (exact) mass is 576 g/mol. The zero-order chi connectivity index (χ0) is 30.1. The fourth-order valence-electron chi connectivity index (χ4n) is 7.61. The molecule has 0 aliphatic heterocycles. The third-order valence-electron chi connectivity index (χ3n) is 9.74. The van der Waals surface area contributed by atoms with Crippen LogP contribution in [-0.4, -0.2) is 4.57 Å². The van der Waals surface area contributed by atoms with E-state index in [2.05, 4.69) is 181 Å². The normalized spacial score (nSPS) is 13.3. The van der Waals surface area contributed by atoms with E-state index >= 15 is 0 Å². The minimum absolute atomic E-state index is 0.0749. The third-order valence-corrected chi connectivity index (χ3v) is 9.74. The van der Waals surface area contributed by atoms with E-state index in [9.17, 15) is 0 Å². The number of anilines is 3. The molecule has 0 bridgehead atoms. The molecule has 0 atom stereocenters. The Labute approximate surface area is 263 Å². The Balaban J connectivity index is 1.31. The summed E-state index contributed by atoms with van der Waals surface area (Å²) in [6.07, 6.45) is 0. The van der Waals surface area contributed by atoms with Crippen molar-refractivity contribution in [2.24, 2.45) is 0 Å². The van der Waals surface area contributed by atoms with E-state index in [1.807, 2.05) is 0 Å². The molecule has 0 unspecified atom stereocenters. The summed E-state index contributed by atoms with van der Waals surface area (Å²) in [5.41, 5.74) is 12.5. The molecule has 0 fully saturated rings. The Hall–Kier alpha value is -5.60. The molecular weight excluding hydrogens is 544 g/mol. The van der Waals surface area contributed by atoms with Crippen LogP contribution in [0.1, 0.15) is 25.0 Å². The number of fused-ring (bicyclic) bond motifs is 7. The van der Waals surface area contributed by atoms with Crippen LogP contribution in [0.15, 0.2) is 158 Å². The first-order valence-corrected chi connectivity index (χ1v) is 15.7. The Kier molecular flexibility index (Phi) is 5.58. The zero-order valence-corrected chi connectivity index (χ0v) is 25.4. The quantitative estimate of drug-likeness (QED) is 0.202. The molecule has 0 saturated heterocycles. The first-order chi connectivity index (χ1) is 22.1. The lowest BCUT2D eigenvalue weighted by atomic mass is 9.82. The minimum Gasteiger partial charge on any atom is -0.310 e. The number of hydrogen-bond donors (Lipinski definition) is 0. The van der Waals surface area contributed by atoms with Crippen LogP contribution in [0.25, 0.3) is 49.4 Å². The summed E-state index contributed by atoms with van der Waals surface area (Å²) >= 11 is 0. The largest absolute Gasteiger partial charge is 0.310 e. The van der Waals surface area contributed by atoms with Crippen molar-refractivity contribution in [2.75, 3.05) is 4.90 Å². The van der Waals surface area contributed by atoms with Gasteiger partial charge in [0, 0.05) is 38.6 Å². The minimum atomic E-state index is -0.0749. The van der Waals surface area contributed by atoms with Gasteiger partial charge < -0.3 is 9.47 Å². The van der Waals surface area contributed by atoms with E-state index in [1.165, 1.54) is 71.9 Å². The maximum Gasteiger partial charge on any atom is 0.0547 e. The van der Waals surface area contributed by atoms with Gasteiger partial charge in [0.25, 0.3) is 0 Å². The van der Waals surface area contributed by atoms with Gasteiger partial charge in [-0.05, 0) is 88.3 Å². The third kappa shape index (κ3) is 3.82. The van der Waals surface area contributed by atoms with Crippen molar-refractivity contribution in [2.45, 2.75) is 19.3 Å². The SMILES string of the molecule is CC1(C)c2ccccc2-c2ccc(N(c3ccccc3)c3cccc4cc5c(cc34)c3ccccc3n5-c3ccccc3)cc21. The second kappa shape index (κ2) is 9.70. The van der Waals surface area contributed by atoms with Crippen molar-refractivity contribution in [3.8, 4) is 16.8 Å². The van der Waals surface area contributed by atoms with E-state index in [0.717, 1.165) is 5.69 Å². The van der Waals surface area contributed by atoms with Gasteiger partial charge in [0.05, 0.1) is 16.7 Å². The summed E-state index contributed by atoms with van der Waals surface area (Å²) in [6, 6.07) is 57.6. The summed E-state index contributed by atoms with van der Waals surface area (Å²) in [5, 5.41) is 4.96. The number of benzene rings is 7. The van der Waals surface area contributed by atoms with Crippen molar-refractivity contribution in [3.05, 3.63) is 169 Å². The Morgan fingerprint density at radius 2 is 1.18 bits per heavy atom. The zero-order valence-electron chi connectivity index (χ0n) is 25.4. The maximum absolute atomic E-state index is 2.43. The van der Waals surface area contributed by atoms with E-state index in [0.29, 0.717) is 0 Å². The van der Waals surface area contributed by atoms with Crippen molar-refractivity contribution < 1.29 is 0 Å². The van der Waals surface area contributed by atoms with Gasteiger partial charge in [0.15, 0.2) is 0 Å². The lowest BCUT2D eigenvalue weighted by Crippen LogP contribution is -2.16. The Morgan fingerprint density at radius 1 is 0.467 bits per heavy atom. The molecule has 2 heteroatoms. The molecule has 1 aromatic heterocycles. The topological polar surface area (TPSA) is 8.17 Å². The summed E-state index contributed by atoms with van der Waals surface area (Å²) in [4.78, 5) is 2.43. The standard InChI is InChI=1S/C43H32N2/c1-43(2)38-21-11-9-19-33(38)34-25-24-32(27-39(34)43)44(30-15-5-3-6-16-30)41-23-13-14-29-26-42-37(28-36(29)41)35-20-10-12-22-40(35)45(42)31-17-7-4-8-18-31/h3-28H,1-2H3. The molecule has 0 spiro atoms. The smallest absolute Gasteiger partial charge is 0.0547 e. The predicted octanol–water partition coefficient (Wildman–Crippen LogP) is 11.7. The van der Waals surface area contributed by atoms with Crippen LogP contribution in [0.3, 0.4) is 0 Å². The van der Waals surface area contributed by atoms with Crippen molar-refractivity contribution in [1.29, 1.82) is 0 Å². The van der Waals surface area contributed by atoms with Crippen molar-refractivity contribution in [1.82, 2.24) is 4.57 Å². The van der Waals surface area contributed by atoms with E-state index in [1.54, 1.807) is 0 Å². The van der Waals surface area contributed by atoms with Gasteiger partial charge in [-0.3, -0.25) is 0 Å². The highest BCUT2D eigenvalue weighted by Crippen LogP contribution is 2.51. The van der Waals surface area contributed by atoms with Gasteiger partial charge in [-0.25, -0.2) is 0 Å². The molecule has 0 N–H and O–H groups in total. The molecule has 7 aromatic carbocycles. The highest BCUT2D eigenvalue weighted by molar-refractivity contribution is 6.16. The Bertz CT molecular complexity index is 2400. The van der Waals surface area contributed by atoms with E-state index < -0.39 is 0 Å². The van der Waals surface area contributed by atoms with Gasteiger partial charge in [0.1, 0.15) is 0 Å². The van der Waals surface area contributed by atoms with Gasteiger partial charge in [-0.2, -0.15) is 0 Å².